The lowest BCUT2D eigenvalue weighted by Crippen LogP contribution is -1.93. The van der Waals surface area contributed by atoms with Gasteiger partial charge < -0.3 is 9.84 Å². The Hall–Kier alpha value is -2.07. The summed E-state index contributed by atoms with van der Waals surface area (Å²) in [6.07, 6.45) is 1.22. The van der Waals surface area contributed by atoms with E-state index in [2.05, 4.69) is 0 Å². The van der Waals surface area contributed by atoms with Crippen LogP contribution in [-0.4, -0.2) is 18.2 Å². The van der Waals surface area contributed by atoms with Crippen LogP contribution >= 0.6 is 11.3 Å². The Morgan fingerprint density at radius 2 is 2.17 bits per heavy atom. The molecule has 1 aromatic carbocycles. The molecule has 0 atom stereocenters. The van der Waals surface area contributed by atoms with E-state index in [4.69, 9.17) is 9.84 Å². The van der Waals surface area contributed by atoms with Gasteiger partial charge in [-0.25, -0.2) is 4.79 Å². The van der Waals surface area contributed by atoms with Gasteiger partial charge in [0.25, 0.3) is 0 Å². The standard InChI is InChI=1S/C14H12O3S/c1-17-11-5-2-4-10(8-11)12(9-14(15)16)13-6-3-7-18-13/h2-9H,1H3,(H,15,16)/b12-9+. The van der Waals surface area contributed by atoms with E-state index in [1.165, 1.54) is 17.4 Å². The molecule has 0 radical (unpaired) electrons. The Kier molecular flexibility index (Phi) is 3.79. The van der Waals surface area contributed by atoms with Crippen LogP contribution in [0.15, 0.2) is 47.9 Å². The molecule has 2 aromatic rings. The predicted molar refractivity (Wildman–Crippen MR) is 72.0 cm³/mol. The van der Waals surface area contributed by atoms with Crippen LogP contribution in [0.1, 0.15) is 10.4 Å². The summed E-state index contributed by atoms with van der Waals surface area (Å²) in [5.41, 5.74) is 1.52. The molecule has 0 amide bonds. The molecule has 18 heavy (non-hydrogen) atoms. The second kappa shape index (κ2) is 5.51. The summed E-state index contributed by atoms with van der Waals surface area (Å²) in [6.45, 7) is 0. The second-order valence-electron chi connectivity index (χ2n) is 3.61. The zero-order valence-corrected chi connectivity index (χ0v) is 10.6. The molecule has 0 saturated heterocycles. The summed E-state index contributed by atoms with van der Waals surface area (Å²) in [5.74, 6) is -0.249. The summed E-state index contributed by atoms with van der Waals surface area (Å²) in [4.78, 5) is 11.9. The van der Waals surface area contributed by atoms with Gasteiger partial charge in [-0.05, 0) is 29.1 Å². The number of ether oxygens (including phenoxy) is 1. The Balaban J connectivity index is 2.50. The number of benzene rings is 1. The third-order valence-corrected chi connectivity index (χ3v) is 3.34. The number of hydrogen-bond acceptors (Lipinski definition) is 3. The van der Waals surface area contributed by atoms with Crippen LogP contribution < -0.4 is 4.74 Å². The summed E-state index contributed by atoms with van der Waals surface area (Å²) >= 11 is 1.51. The van der Waals surface area contributed by atoms with Crippen molar-refractivity contribution in [2.24, 2.45) is 0 Å². The van der Waals surface area contributed by atoms with Crippen LogP contribution in [0.5, 0.6) is 5.75 Å². The molecule has 0 spiro atoms. The zero-order valence-electron chi connectivity index (χ0n) is 9.79. The monoisotopic (exact) mass is 260 g/mol. The van der Waals surface area contributed by atoms with E-state index in [1.54, 1.807) is 7.11 Å². The first-order valence-electron chi connectivity index (χ1n) is 5.33. The quantitative estimate of drug-likeness (QED) is 0.858. The molecule has 0 aliphatic heterocycles. The van der Waals surface area contributed by atoms with Gasteiger partial charge in [-0.3, -0.25) is 0 Å². The van der Waals surface area contributed by atoms with Crippen molar-refractivity contribution in [3.05, 3.63) is 58.3 Å². The largest absolute Gasteiger partial charge is 0.497 e. The molecule has 92 valence electrons. The van der Waals surface area contributed by atoms with Crippen molar-refractivity contribution >= 4 is 22.9 Å². The first kappa shape index (κ1) is 12.4. The maximum absolute atomic E-state index is 10.9. The Bertz CT molecular complexity index is 570. The van der Waals surface area contributed by atoms with E-state index in [-0.39, 0.29) is 0 Å². The van der Waals surface area contributed by atoms with Gasteiger partial charge in [0.1, 0.15) is 5.75 Å². The first-order valence-corrected chi connectivity index (χ1v) is 6.21. The lowest BCUT2D eigenvalue weighted by molar-refractivity contribution is -0.131. The SMILES string of the molecule is COc1cccc(/C(=C\C(=O)O)c2cccs2)c1. The van der Waals surface area contributed by atoms with Crippen LogP contribution in [0.3, 0.4) is 0 Å². The van der Waals surface area contributed by atoms with Crippen LogP contribution in [0.25, 0.3) is 5.57 Å². The lowest BCUT2D eigenvalue weighted by atomic mass is 10.0. The first-order chi connectivity index (χ1) is 8.70. The van der Waals surface area contributed by atoms with Crippen molar-refractivity contribution < 1.29 is 14.6 Å². The van der Waals surface area contributed by atoms with Gasteiger partial charge in [-0.1, -0.05) is 18.2 Å². The summed E-state index contributed by atoms with van der Waals surface area (Å²) in [5, 5.41) is 10.9. The fraction of sp³-hybridized carbons (Fsp3) is 0.0714. The average molecular weight is 260 g/mol. The number of thiophene rings is 1. The van der Waals surface area contributed by atoms with Gasteiger partial charge in [0.15, 0.2) is 0 Å². The highest BCUT2D eigenvalue weighted by atomic mass is 32.1. The van der Waals surface area contributed by atoms with Gasteiger partial charge in [0.05, 0.1) is 7.11 Å². The highest BCUT2D eigenvalue weighted by molar-refractivity contribution is 7.11. The molecular formula is C14H12O3S. The zero-order chi connectivity index (χ0) is 13.0. The minimum absolute atomic E-state index is 0.691. The van der Waals surface area contributed by atoms with Crippen molar-refractivity contribution in [3.8, 4) is 5.75 Å². The molecule has 0 aliphatic carbocycles. The van der Waals surface area contributed by atoms with E-state index < -0.39 is 5.97 Å². The van der Waals surface area contributed by atoms with Gasteiger partial charge >= 0.3 is 5.97 Å². The number of methoxy groups -OCH3 is 1. The fourth-order valence-electron chi connectivity index (χ4n) is 1.64. The second-order valence-corrected chi connectivity index (χ2v) is 4.55. The summed E-state index contributed by atoms with van der Waals surface area (Å²) < 4.78 is 5.16. The van der Waals surface area contributed by atoms with Gasteiger partial charge in [0.2, 0.25) is 0 Å². The summed E-state index contributed by atoms with van der Waals surface area (Å²) in [6, 6.07) is 11.2. The maximum atomic E-state index is 10.9. The molecule has 0 aliphatic rings. The third-order valence-electron chi connectivity index (χ3n) is 2.44. The lowest BCUT2D eigenvalue weighted by Gasteiger charge is -2.07. The predicted octanol–water partition coefficient (Wildman–Crippen LogP) is 3.27. The minimum atomic E-state index is -0.957. The third kappa shape index (κ3) is 2.78. The van der Waals surface area contributed by atoms with Crippen LogP contribution in [0, 0.1) is 0 Å². The normalized spacial score (nSPS) is 11.3. The van der Waals surface area contributed by atoms with Crippen molar-refractivity contribution in [2.75, 3.05) is 7.11 Å². The number of carbonyl (C=O) groups is 1. The van der Waals surface area contributed by atoms with Crippen LogP contribution in [0.4, 0.5) is 0 Å². The van der Waals surface area contributed by atoms with E-state index in [9.17, 15) is 4.79 Å². The number of carboxylic acids is 1. The summed E-state index contributed by atoms with van der Waals surface area (Å²) in [7, 11) is 1.59. The molecule has 1 N–H and O–H groups in total. The fourth-order valence-corrected chi connectivity index (χ4v) is 2.41. The maximum Gasteiger partial charge on any atom is 0.328 e. The van der Waals surface area contributed by atoms with Crippen molar-refractivity contribution in [3.63, 3.8) is 0 Å². The molecule has 4 heteroatoms. The van der Waals surface area contributed by atoms with E-state index in [0.29, 0.717) is 11.3 Å². The molecule has 0 unspecified atom stereocenters. The minimum Gasteiger partial charge on any atom is -0.497 e. The Morgan fingerprint density at radius 1 is 1.33 bits per heavy atom. The van der Waals surface area contributed by atoms with Gasteiger partial charge in [0, 0.05) is 16.5 Å². The van der Waals surface area contributed by atoms with Crippen molar-refractivity contribution in [2.45, 2.75) is 0 Å². The molecular weight excluding hydrogens is 248 g/mol. The molecule has 1 aromatic heterocycles. The highest BCUT2D eigenvalue weighted by Crippen LogP contribution is 2.29. The number of rotatable bonds is 4. The smallest absolute Gasteiger partial charge is 0.328 e. The van der Waals surface area contributed by atoms with Crippen molar-refractivity contribution in [1.29, 1.82) is 0 Å². The van der Waals surface area contributed by atoms with Crippen molar-refractivity contribution in [1.82, 2.24) is 0 Å². The highest BCUT2D eigenvalue weighted by Gasteiger charge is 2.09. The Labute approximate surface area is 109 Å². The van der Waals surface area contributed by atoms with E-state index >= 15 is 0 Å². The molecule has 2 rings (SSSR count). The topological polar surface area (TPSA) is 46.5 Å². The average Bonchev–Trinajstić information content (AvgIpc) is 2.89. The molecule has 3 nitrogen and oxygen atoms in total. The van der Waals surface area contributed by atoms with Crippen LogP contribution in [0.2, 0.25) is 0 Å². The molecule has 0 fully saturated rings. The van der Waals surface area contributed by atoms with E-state index in [0.717, 1.165) is 10.4 Å². The molecule has 0 saturated carbocycles. The van der Waals surface area contributed by atoms with Gasteiger partial charge in [-0.2, -0.15) is 0 Å². The molecule has 1 heterocycles. The number of aliphatic carboxylic acids is 1. The Morgan fingerprint density at radius 3 is 2.78 bits per heavy atom. The molecule has 0 bridgehead atoms. The van der Waals surface area contributed by atoms with E-state index in [1.807, 2.05) is 41.8 Å². The van der Waals surface area contributed by atoms with Crippen LogP contribution in [-0.2, 0) is 4.79 Å². The number of hydrogen-bond donors (Lipinski definition) is 1. The van der Waals surface area contributed by atoms with Gasteiger partial charge in [-0.15, -0.1) is 11.3 Å². The number of carboxylic acid groups (broad SMARTS) is 1.